The van der Waals surface area contributed by atoms with E-state index in [1.807, 2.05) is 12.1 Å². The molecule has 1 aliphatic rings. The fourth-order valence-corrected chi connectivity index (χ4v) is 17.6. The molecule has 11 rings (SSSR count). The fourth-order valence-electron chi connectivity index (χ4n) is 17.6. The van der Waals surface area contributed by atoms with Crippen molar-refractivity contribution in [2.75, 3.05) is 36.2 Å². The molecule has 2 N–H and O–H groups in total. The molecule has 1 fully saturated rings. The van der Waals surface area contributed by atoms with Crippen LogP contribution in [0.3, 0.4) is 0 Å². The van der Waals surface area contributed by atoms with Gasteiger partial charge in [0.15, 0.2) is 0 Å². The van der Waals surface area contributed by atoms with Gasteiger partial charge in [-0.15, -0.1) is 12.2 Å². The molecule has 10 nitrogen and oxygen atoms in total. The van der Waals surface area contributed by atoms with Gasteiger partial charge < -0.3 is 49.2 Å². The number of nitrogens with zero attached hydrogens (tertiary/aromatic N) is 2. The smallest absolute Gasteiger partial charge is 0.121 e. The van der Waals surface area contributed by atoms with E-state index in [0.717, 1.165) is 160 Å². The molecule has 0 aliphatic heterocycles. The fraction of sp³-hybridized carbons (Fsp3) is 0.423. The zero-order valence-corrected chi connectivity index (χ0v) is 71.3. The van der Waals surface area contributed by atoms with Crippen molar-refractivity contribution in [3.05, 3.63) is 238 Å². The van der Waals surface area contributed by atoms with Crippen molar-refractivity contribution < 1.29 is 39.4 Å². The summed E-state index contributed by atoms with van der Waals surface area (Å²) in [6.45, 7) is 38.0. The third-order valence-corrected chi connectivity index (χ3v) is 24.5. The van der Waals surface area contributed by atoms with Crippen LogP contribution < -0.4 is 39.0 Å². The molecule has 0 radical (unpaired) electrons. The quantitative estimate of drug-likeness (QED) is 0.0383. The van der Waals surface area contributed by atoms with Crippen LogP contribution in [-0.2, 0) is 0 Å². The first-order valence-electron chi connectivity index (χ1n) is 43.1. The largest absolute Gasteiger partial charge is 0.851 e. The molecule has 114 heavy (non-hydrogen) atoms. The minimum Gasteiger partial charge on any atom is -0.851 e. The molecule has 10 aromatic carbocycles. The second-order valence-electron chi connectivity index (χ2n) is 33.0. The van der Waals surface area contributed by atoms with E-state index in [2.05, 4.69) is 266 Å². The van der Waals surface area contributed by atoms with E-state index >= 15 is 0 Å². The van der Waals surface area contributed by atoms with Gasteiger partial charge in [-0.2, -0.15) is 0 Å². The van der Waals surface area contributed by atoms with Crippen molar-refractivity contribution in [1.29, 1.82) is 0 Å². The van der Waals surface area contributed by atoms with Crippen LogP contribution in [-0.4, -0.2) is 48.8 Å². The summed E-state index contributed by atoms with van der Waals surface area (Å²) in [5.41, 5.74) is 23.3. The molecule has 10 heteroatoms. The van der Waals surface area contributed by atoms with Crippen molar-refractivity contribution in [2.24, 2.45) is 23.7 Å². The van der Waals surface area contributed by atoms with E-state index < -0.39 is 24.0 Å². The molecule has 1 saturated carbocycles. The minimum atomic E-state index is -1.45. The van der Waals surface area contributed by atoms with Gasteiger partial charge in [0.25, 0.3) is 0 Å². The van der Waals surface area contributed by atoms with E-state index in [1.165, 1.54) is 77.0 Å². The molecule has 4 atom stereocenters. The molecule has 0 heterocycles. The monoisotopic (exact) mass is 1530 g/mol. The average Bonchev–Trinajstić information content (AvgIpc) is 0.732. The van der Waals surface area contributed by atoms with Crippen LogP contribution in [0.4, 0.5) is 34.1 Å². The highest BCUT2D eigenvalue weighted by atomic mass is 16.5. The summed E-state index contributed by atoms with van der Waals surface area (Å²) < 4.78 is 25.8. The Morgan fingerprint density at radius 1 is 0.289 bits per heavy atom. The molecule has 1 aliphatic carbocycles. The predicted octanol–water partition coefficient (Wildman–Crippen LogP) is 26.9. The van der Waals surface area contributed by atoms with Crippen LogP contribution in [0.5, 0.6) is 34.5 Å². The molecule has 0 spiro atoms. The van der Waals surface area contributed by atoms with Crippen molar-refractivity contribution >= 4 is 34.1 Å². The number of benzene rings is 10. The highest BCUT2D eigenvalue weighted by molar-refractivity contribution is 5.85. The van der Waals surface area contributed by atoms with Gasteiger partial charge in [0.2, 0.25) is 0 Å². The maximum absolute atomic E-state index is 14.9. The van der Waals surface area contributed by atoms with Crippen LogP contribution in [0, 0.1) is 79.1 Å². The highest BCUT2D eigenvalue weighted by Gasteiger charge is 2.41. The van der Waals surface area contributed by atoms with E-state index in [9.17, 15) is 20.4 Å². The lowest BCUT2D eigenvalue weighted by Gasteiger charge is -2.61. The number of rotatable bonds is 40. The van der Waals surface area contributed by atoms with Crippen LogP contribution >= 0.6 is 0 Å². The lowest BCUT2D eigenvalue weighted by molar-refractivity contribution is -0.536. The van der Waals surface area contributed by atoms with Crippen LogP contribution in [0.15, 0.2) is 182 Å². The summed E-state index contributed by atoms with van der Waals surface area (Å²) >= 11 is 0. The van der Waals surface area contributed by atoms with E-state index in [4.69, 9.17) is 18.9 Å². The molecule has 4 unspecified atom stereocenters. The zero-order valence-electron chi connectivity index (χ0n) is 71.3. The van der Waals surface area contributed by atoms with Crippen molar-refractivity contribution in [3.63, 3.8) is 0 Å². The molecular formula is C104H128N2O8-2. The first-order valence-corrected chi connectivity index (χ1v) is 43.1. The van der Waals surface area contributed by atoms with Crippen LogP contribution in [0.25, 0.3) is 44.5 Å². The van der Waals surface area contributed by atoms with Gasteiger partial charge in [-0.3, -0.25) is 0 Å². The van der Waals surface area contributed by atoms with Crippen molar-refractivity contribution in [3.8, 4) is 79.0 Å². The predicted molar refractivity (Wildman–Crippen MR) is 473 cm³/mol. The number of hydrogen-bond acceptors (Lipinski definition) is 10. The number of unbranched alkanes of at least 4 members (excludes halogenated alkanes) is 4. The SMILES string of the molecule is CCCCC(CC)COc1cc(C)c(-c2ccc(N(c3ccc(-c4c(C)cc(OCC(CC)CCCC)cc4C)cc3)c3ccc(C4C([O-])C(c5ccc(N(c6ccc(-c7c(C)cc(OCC(CC)CCCC)cc7C)cc6)c6ccc(-c7c(C)cc(OCC(CC)CCCC)cc7C)cc6)cc5O)C4[O-])c(O)c3)cc2)c(C)c1. The Hall–Kier alpha value is -9.48. The number of anilines is 6. The van der Waals surface area contributed by atoms with Gasteiger partial charge in [-0.25, -0.2) is 0 Å². The number of aromatic hydroxyl groups is 2. The molecule has 0 aromatic heterocycles. The van der Waals surface area contributed by atoms with Gasteiger partial charge in [-0.1, -0.05) is 193 Å². The molecule has 0 bridgehead atoms. The zero-order chi connectivity index (χ0) is 81.3. The minimum absolute atomic E-state index is 0.138. The summed E-state index contributed by atoms with van der Waals surface area (Å²) in [6.07, 6.45) is 15.7. The van der Waals surface area contributed by atoms with Crippen LogP contribution in [0.1, 0.15) is 226 Å². The average molecular weight is 1530 g/mol. The Morgan fingerprint density at radius 2 is 0.491 bits per heavy atom. The Labute approximate surface area is 683 Å². The summed E-state index contributed by atoms with van der Waals surface area (Å²) in [4.78, 5) is 4.21. The van der Waals surface area contributed by atoms with E-state index in [0.29, 0.717) is 72.6 Å². The van der Waals surface area contributed by atoms with Crippen molar-refractivity contribution in [2.45, 2.75) is 238 Å². The Kier molecular flexibility index (Phi) is 30.1. The molecular weight excluding hydrogens is 1410 g/mol. The Bertz CT molecular complexity index is 4130. The van der Waals surface area contributed by atoms with Gasteiger partial charge in [0.05, 0.1) is 26.4 Å². The Balaban J connectivity index is 0.881. The topological polar surface area (TPSA) is 130 Å². The second kappa shape index (κ2) is 40.2. The lowest BCUT2D eigenvalue weighted by Crippen LogP contribution is -2.63. The standard InChI is InChI=1S/C104H128N2O8/c1-17-25-29-75(21-5)63-111-89-53-67(9)97(68(10)54-89)79-33-41-83(42-34-79)105(84-43-35-80(36-44-84)98-69(11)55-90(56-70(98)12)112-64-76(22-6)30-26-18-2)87-49-51-93(95(107)61-87)101-103(109)102(104(101)110)94-52-50-88(62-96(94)108)106(85-45-37-81(38-46-85)99-71(13)57-91(58-72(99)14)113-65-77(23-7)31-27-19-3)86-47-39-82(40-48-86)100-73(15)59-92(60-74(100)16)114-66-78(24-8)32-28-20-4/h33-62,75-78,101-104,107-108H,17-32,63-66H2,1-16H3/q-2. The number of aryl methyl sites for hydroxylation is 8. The first-order chi connectivity index (χ1) is 55.1. The van der Waals surface area contributed by atoms with Gasteiger partial charge in [0.1, 0.15) is 34.5 Å². The third-order valence-electron chi connectivity index (χ3n) is 24.5. The summed E-state index contributed by atoms with van der Waals surface area (Å²) in [7, 11) is 0. The summed E-state index contributed by atoms with van der Waals surface area (Å²) in [5.74, 6) is 3.27. The molecule has 604 valence electrons. The summed E-state index contributed by atoms with van der Waals surface area (Å²) in [6, 6.07) is 62.0. The summed E-state index contributed by atoms with van der Waals surface area (Å²) in [5, 5.41) is 54.4. The van der Waals surface area contributed by atoms with E-state index in [-0.39, 0.29) is 11.5 Å². The van der Waals surface area contributed by atoms with Crippen molar-refractivity contribution in [1.82, 2.24) is 0 Å². The number of hydrogen-bond donors (Lipinski definition) is 2. The maximum atomic E-state index is 14.9. The number of phenols is 2. The van der Waals surface area contributed by atoms with Gasteiger partial charge in [-0.05, 0) is 326 Å². The second-order valence-corrected chi connectivity index (χ2v) is 33.0. The number of ether oxygens (including phenoxy) is 4. The highest BCUT2D eigenvalue weighted by Crippen LogP contribution is 2.53. The van der Waals surface area contributed by atoms with Gasteiger partial charge in [0, 0.05) is 46.3 Å². The maximum Gasteiger partial charge on any atom is 0.121 e. The normalized spacial score (nSPS) is 15.7. The third kappa shape index (κ3) is 20.2. The lowest BCUT2D eigenvalue weighted by atomic mass is 9.63. The van der Waals surface area contributed by atoms with E-state index in [1.54, 1.807) is 24.3 Å². The van der Waals surface area contributed by atoms with Crippen LogP contribution in [0.2, 0.25) is 0 Å². The first kappa shape index (κ1) is 85.4. The number of phenolic OH excluding ortho intramolecular Hbond substituents is 2. The van der Waals surface area contributed by atoms with Gasteiger partial charge >= 0.3 is 0 Å². The molecule has 0 saturated heterocycles. The Morgan fingerprint density at radius 3 is 0.675 bits per heavy atom. The molecule has 10 aromatic rings. The molecule has 0 amide bonds.